The van der Waals surface area contributed by atoms with E-state index in [0.717, 1.165) is 70.9 Å². The summed E-state index contributed by atoms with van der Waals surface area (Å²) in [6.45, 7) is 1.62. The van der Waals surface area contributed by atoms with Crippen LogP contribution >= 0.6 is 11.3 Å². The summed E-state index contributed by atoms with van der Waals surface area (Å²) in [6.07, 6.45) is 12.4. The predicted molar refractivity (Wildman–Crippen MR) is 207 cm³/mol. The van der Waals surface area contributed by atoms with Crippen LogP contribution in [-0.4, -0.2) is 79.9 Å². The SMILES string of the molecule is CN(C)C1(c2ccccc2)CCC(NC(=O)CCC(=O)N2CCC(Cc3ccccc3)CC2)CC1.CN(C)C1(c2cccs2)CCC(N)CC1. The largest absolute Gasteiger partial charge is 0.353 e. The number of nitrogens with zero attached hydrogens (tertiary/aromatic N) is 3. The fraction of sp³-hybridized carbons (Fsp3) is 0.571. The van der Waals surface area contributed by atoms with Crippen LogP contribution in [-0.2, 0) is 27.1 Å². The lowest BCUT2D eigenvalue weighted by molar-refractivity contribution is -0.135. The Morgan fingerprint density at radius 2 is 1.34 bits per heavy atom. The normalized spacial score (nSPS) is 25.9. The molecule has 2 aliphatic carbocycles. The van der Waals surface area contributed by atoms with Crippen molar-refractivity contribution in [2.75, 3.05) is 41.3 Å². The van der Waals surface area contributed by atoms with E-state index in [9.17, 15) is 9.59 Å². The Labute approximate surface area is 305 Å². The molecule has 8 heteroatoms. The van der Waals surface area contributed by atoms with Gasteiger partial charge in [-0.25, -0.2) is 0 Å². The third-order valence-electron chi connectivity index (χ3n) is 11.9. The minimum absolute atomic E-state index is 0.0133. The molecule has 1 aliphatic heterocycles. The summed E-state index contributed by atoms with van der Waals surface area (Å²) < 4.78 is 0. The van der Waals surface area contributed by atoms with E-state index in [1.165, 1.54) is 28.8 Å². The standard InChI is InChI=1S/C30H41N3O2.C12H20N2S/c1-32(2)30(26-11-7-4-8-12-26)19-15-27(16-20-30)31-28(34)13-14-29(35)33-21-17-25(18-22-33)23-24-9-5-3-6-10-24;1-14(2)12(11-4-3-9-15-11)7-5-10(13)6-8-12/h3-12,25,27H,13-23H2,1-2H3,(H,31,34);3-4,9-10H,5-8,13H2,1-2H3. The van der Waals surface area contributed by atoms with Gasteiger partial charge >= 0.3 is 0 Å². The van der Waals surface area contributed by atoms with Gasteiger partial charge in [-0.2, -0.15) is 0 Å². The summed E-state index contributed by atoms with van der Waals surface area (Å²) in [6, 6.07) is 26.3. The van der Waals surface area contributed by atoms with Crippen LogP contribution in [0.5, 0.6) is 0 Å². The van der Waals surface area contributed by atoms with Crippen molar-refractivity contribution in [3.63, 3.8) is 0 Å². The average Bonchev–Trinajstić information content (AvgIpc) is 3.69. The van der Waals surface area contributed by atoms with E-state index in [0.29, 0.717) is 18.4 Å². The van der Waals surface area contributed by atoms with Gasteiger partial charge in [0, 0.05) is 48.4 Å². The molecule has 1 aromatic heterocycles. The zero-order chi connectivity index (χ0) is 35.6. The molecule has 2 aromatic carbocycles. The fourth-order valence-electron chi connectivity index (χ4n) is 8.57. The summed E-state index contributed by atoms with van der Waals surface area (Å²) in [5.41, 5.74) is 9.01. The molecular formula is C42H61N5O2S. The van der Waals surface area contributed by atoms with Gasteiger partial charge in [0.15, 0.2) is 0 Å². The van der Waals surface area contributed by atoms with Gasteiger partial charge in [-0.1, -0.05) is 66.7 Å². The van der Waals surface area contributed by atoms with E-state index in [2.05, 4.69) is 121 Å². The lowest BCUT2D eigenvalue weighted by atomic mass is 9.74. The van der Waals surface area contributed by atoms with Crippen molar-refractivity contribution in [3.8, 4) is 0 Å². The third-order valence-corrected chi connectivity index (χ3v) is 13.0. The number of piperidine rings is 1. The maximum absolute atomic E-state index is 12.7. The molecule has 0 unspecified atom stereocenters. The first kappa shape index (κ1) is 38.2. The van der Waals surface area contributed by atoms with E-state index >= 15 is 0 Å². The molecule has 2 heterocycles. The van der Waals surface area contributed by atoms with Crippen molar-refractivity contribution >= 4 is 23.2 Å². The first-order chi connectivity index (χ1) is 24.1. The summed E-state index contributed by atoms with van der Waals surface area (Å²) in [7, 11) is 8.69. The number of carbonyl (C=O) groups is 2. The zero-order valence-corrected chi connectivity index (χ0v) is 31.8. The molecule has 50 heavy (non-hydrogen) atoms. The van der Waals surface area contributed by atoms with Gasteiger partial charge in [-0.15, -0.1) is 11.3 Å². The number of thiophene rings is 1. The van der Waals surface area contributed by atoms with E-state index < -0.39 is 0 Å². The number of benzene rings is 2. The Balaban J connectivity index is 0.000000269. The fourth-order valence-corrected chi connectivity index (χ4v) is 9.64. The molecule has 0 radical (unpaired) electrons. The van der Waals surface area contributed by atoms with Crippen LogP contribution in [0.15, 0.2) is 78.2 Å². The highest BCUT2D eigenvalue weighted by Gasteiger charge is 2.40. The van der Waals surface area contributed by atoms with Crippen LogP contribution in [0.4, 0.5) is 0 Å². The molecule has 272 valence electrons. The number of hydrogen-bond donors (Lipinski definition) is 2. The second-order valence-corrected chi connectivity index (χ2v) is 16.3. The molecule has 2 amide bonds. The minimum atomic E-state index is 0.0133. The zero-order valence-electron chi connectivity index (χ0n) is 31.0. The minimum Gasteiger partial charge on any atom is -0.353 e. The number of hydrogen-bond acceptors (Lipinski definition) is 6. The van der Waals surface area contributed by atoms with Gasteiger partial charge < -0.3 is 16.0 Å². The maximum Gasteiger partial charge on any atom is 0.223 e. The molecule has 0 spiro atoms. The quantitative estimate of drug-likeness (QED) is 0.235. The van der Waals surface area contributed by atoms with Crippen molar-refractivity contribution in [1.29, 1.82) is 0 Å². The summed E-state index contributed by atoms with van der Waals surface area (Å²) >= 11 is 1.88. The molecule has 1 saturated heterocycles. The Hall–Kier alpha value is -3.04. The highest BCUT2D eigenvalue weighted by molar-refractivity contribution is 7.10. The number of carbonyl (C=O) groups excluding carboxylic acids is 2. The second-order valence-electron chi connectivity index (χ2n) is 15.4. The number of likely N-dealkylation sites (tertiary alicyclic amines) is 1. The number of amides is 2. The first-order valence-corrected chi connectivity index (χ1v) is 19.8. The summed E-state index contributed by atoms with van der Waals surface area (Å²) in [5.74, 6) is 0.776. The van der Waals surface area contributed by atoms with Gasteiger partial charge in [0.05, 0.1) is 5.54 Å². The Kier molecular flexibility index (Phi) is 13.7. The molecule has 2 saturated carbocycles. The lowest BCUT2D eigenvalue weighted by Gasteiger charge is -2.45. The van der Waals surface area contributed by atoms with Gasteiger partial charge in [0.25, 0.3) is 0 Å². The smallest absolute Gasteiger partial charge is 0.223 e. The molecule has 3 aliphatic rings. The van der Waals surface area contributed by atoms with E-state index in [1.54, 1.807) is 0 Å². The van der Waals surface area contributed by atoms with Crippen LogP contribution < -0.4 is 11.1 Å². The van der Waals surface area contributed by atoms with Crippen LogP contribution in [0.2, 0.25) is 0 Å². The Bertz CT molecular complexity index is 1440. The highest BCUT2D eigenvalue weighted by atomic mass is 32.1. The Morgan fingerprint density at radius 1 is 0.760 bits per heavy atom. The third kappa shape index (κ3) is 9.64. The van der Waals surface area contributed by atoms with Gasteiger partial charge in [0.1, 0.15) is 0 Å². The Morgan fingerprint density at radius 3 is 1.90 bits per heavy atom. The van der Waals surface area contributed by atoms with E-state index in [-0.39, 0.29) is 35.4 Å². The molecular weight excluding hydrogens is 639 g/mol. The van der Waals surface area contributed by atoms with Crippen LogP contribution in [0, 0.1) is 5.92 Å². The van der Waals surface area contributed by atoms with E-state index in [4.69, 9.17) is 5.73 Å². The number of rotatable bonds is 10. The van der Waals surface area contributed by atoms with Crippen molar-refractivity contribution in [1.82, 2.24) is 20.0 Å². The summed E-state index contributed by atoms with van der Waals surface area (Å²) in [4.78, 5) is 33.5. The van der Waals surface area contributed by atoms with Gasteiger partial charge in [-0.05, 0) is 127 Å². The van der Waals surface area contributed by atoms with Crippen LogP contribution in [0.3, 0.4) is 0 Å². The molecule has 3 aromatic rings. The topological polar surface area (TPSA) is 81.9 Å². The monoisotopic (exact) mass is 699 g/mol. The number of nitrogens with two attached hydrogens (primary N) is 1. The lowest BCUT2D eigenvalue weighted by Crippen LogP contribution is -2.48. The van der Waals surface area contributed by atoms with Crippen molar-refractivity contribution in [2.45, 2.75) is 107 Å². The second kappa shape index (κ2) is 17.9. The number of nitrogens with one attached hydrogen (secondary N) is 1. The average molecular weight is 700 g/mol. The first-order valence-electron chi connectivity index (χ1n) is 18.9. The van der Waals surface area contributed by atoms with E-state index in [1.807, 2.05) is 16.2 Å². The van der Waals surface area contributed by atoms with Gasteiger partial charge in [0.2, 0.25) is 11.8 Å². The molecule has 3 fully saturated rings. The molecule has 3 N–H and O–H groups in total. The molecule has 0 atom stereocenters. The summed E-state index contributed by atoms with van der Waals surface area (Å²) in [5, 5.41) is 5.39. The van der Waals surface area contributed by atoms with Crippen LogP contribution in [0.1, 0.15) is 93.1 Å². The van der Waals surface area contributed by atoms with Crippen LogP contribution in [0.25, 0.3) is 0 Å². The molecule has 6 rings (SSSR count). The van der Waals surface area contributed by atoms with Crippen molar-refractivity contribution in [3.05, 3.63) is 94.2 Å². The van der Waals surface area contributed by atoms with Crippen molar-refractivity contribution in [2.24, 2.45) is 11.7 Å². The van der Waals surface area contributed by atoms with Gasteiger partial charge in [-0.3, -0.25) is 19.4 Å². The highest BCUT2D eigenvalue weighted by Crippen LogP contribution is 2.43. The van der Waals surface area contributed by atoms with Crippen molar-refractivity contribution < 1.29 is 9.59 Å². The molecule has 7 nitrogen and oxygen atoms in total. The predicted octanol–water partition coefficient (Wildman–Crippen LogP) is 7.17. The maximum atomic E-state index is 12.7. The molecule has 0 bridgehead atoms.